The van der Waals surface area contributed by atoms with E-state index in [4.69, 9.17) is 9.84 Å². The van der Waals surface area contributed by atoms with Gasteiger partial charge in [0.15, 0.2) is 11.5 Å². The van der Waals surface area contributed by atoms with Crippen molar-refractivity contribution in [3.05, 3.63) is 29.7 Å². The second-order valence-corrected chi connectivity index (χ2v) is 4.52. The Hall–Kier alpha value is -1.95. The molecular weight excluding hydrogens is 234 g/mol. The molecule has 2 unspecified atom stereocenters. The highest BCUT2D eigenvalue weighted by Gasteiger charge is 2.27. The van der Waals surface area contributed by atoms with Gasteiger partial charge >= 0.3 is 5.97 Å². The van der Waals surface area contributed by atoms with Gasteiger partial charge in [0, 0.05) is 6.20 Å². The van der Waals surface area contributed by atoms with Gasteiger partial charge in [-0.2, -0.15) is 0 Å². The van der Waals surface area contributed by atoms with Crippen LogP contribution in [-0.4, -0.2) is 31.8 Å². The van der Waals surface area contributed by atoms with Crippen LogP contribution in [0.2, 0.25) is 0 Å². The second kappa shape index (κ2) is 4.06. The van der Waals surface area contributed by atoms with Gasteiger partial charge in [0.05, 0.1) is 11.7 Å². The van der Waals surface area contributed by atoms with Crippen LogP contribution >= 0.6 is 0 Å². The summed E-state index contributed by atoms with van der Waals surface area (Å²) in [6.07, 6.45) is 3.53. The minimum absolute atomic E-state index is 0.0981. The maximum atomic E-state index is 11.0. The summed E-state index contributed by atoms with van der Waals surface area (Å²) in [6.45, 7) is 2.02. The molecule has 0 bridgehead atoms. The van der Waals surface area contributed by atoms with E-state index in [1.54, 1.807) is 16.7 Å². The van der Waals surface area contributed by atoms with Crippen LogP contribution in [0.15, 0.2) is 18.3 Å². The quantitative estimate of drug-likeness (QED) is 0.873. The molecule has 0 spiro atoms. The first-order valence-electron chi connectivity index (χ1n) is 5.88. The van der Waals surface area contributed by atoms with Crippen molar-refractivity contribution in [3.8, 4) is 0 Å². The zero-order chi connectivity index (χ0) is 12.7. The summed E-state index contributed by atoms with van der Waals surface area (Å²) in [5.74, 6) is -0.283. The van der Waals surface area contributed by atoms with Crippen LogP contribution in [0, 0.1) is 0 Å². The molecule has 1 N–H and O–H groups in total. The number of carboxylic acid groups (broad SMARTS) is 1. The minimum atomic E-state index is -0.961. The predicted octanol–water partition coefficient (Wildman–Crippen LogP) is 1.67. The van der Waals surface area contributed by atoms with Crippen molar-refractivity contribution in [1.29, 1.82) is 0 Å². The summed E-state index contributed by atoms with van der Waals surface area (Å²) in [5.41, 5.74) is 0.854. The van der Waals surface area contributed by atoms with E-state index >= 15 is 0 Å². The summed E-state index contributed by atoms with van der Waals surface area (Å²) in [5, 5.41) is 17.1. The molecule has 3 heterocycles. The average Bonchev–Trinajstić information content (AvgIpc) is 2.93. The number of hydrogen-bond acceptors (Lipinski definition) is 4. The molecule has 94 valence electrons. The third-order valence-electron chi connectivity index (χ3n) is 3.20. The van der Waals surface area contributed by atoms with E-state index < -0.39 is 5.97 Å². The Labute approximate surface area is 103 Å². The number of pyridine rings is 1. The molecule has 1 saturated heterocycles. The molecule has 0 amide bonds. The molecule has 2 aromatic heterocycles. The molecule has 0 aromatic carbocycles. The Morgan fingerprint density at radius 2 is 2.28 bits per heavy atom. The Kier molecular flexibility index (Phi) is 2.52. The van der Waals surface area contributed by atoms with E-state index in [0.29, 0.717) is 11.5 Å². The molecule has 0 saturated carbocycles. The SMILES string of the molecule is CC1CCC(c2nnc3ccc(C(=O)O)cn23)O1. The third kappa shape index (κ3) is 1.74. The van der Waals surface area contributed by atoms with Gasteiger partial charge in [-0.1, -0.05) is 0 Å². The lowest BCUT2D eigenvalue weighted by atomic mass is 10.2. The van der Waals surface area contributed by atoms with Crippen LogP contribution in [0.25, 0.3) is 5.65 Å². The van der Waals surface area contributed by atoms with Crippen LogP contribution in [0.1, 0.15) is 42.1 Å². The number of carboxylic acids is 1. The molecule has 3 rings (SSSR count). The number of hydrogen-bond donors (Lipinski definition) is 1. The van der Waals surface area contributed by atoms with Gasteiger partial charge in [0.1, 0.15) is 6.10 Å². The molecule has 2 aromatic rings. The molecule has 0 radical (unpaired) electrons. The van der Waals surface area contributed by atoms with Gasteiger partial charge in [-0.3, -0.25) is 4.40 Å². The first-order valence-corrected chi connectivity index (χ1v) is 5.88. The molecule has 1 aliphatic rings. The van der Waals surface area contributed by atoms with Crippen LogP contribution in [0.4, 0.5) is 0 Å². The second-order valence-electron chi connectivity index (χ2n) is 4.52. The minimum Gasteiger partial charge on any atom is -0.478 e. The molecule has 1 fully saturated rings. The van der Waals surface area contributed by atoms with E-state index in [-0.39, 0.29) is 17.8 Å². The number of rotatable bonds is 2. The predicted molar refractivity (Wildman–Crippen MR) is 62.5 cm³/mol. The Morgan fingerprint density at radius 3 is 2.94 bits per heavy atom. The van der Waals surface area contributed by atoms with Gasteiger partial charge in [0.2, 0.25) is 0 Å². The summed E-state index contributed by atoms with van der Waals surface area (Å²) < 4.78 is 7.44. The largest absolute Gasteiger partial charge is 0.478 e. The monoisotopic (exact) mass is 247 g/mol. The van der Waals surface area contributed by atoms with Crippen molar-refractivity contribution in [2.45, 2.75) is 32.0 Å². The van der Waals surface area contributed by atoms with Crippen molar-refractivity contribution in [3.63, 3.8) is 0 Å². The summed E-state index contributed by atoms with van der Waals surface area (Å²) in [7, 11) is 0. The number of aromatic carboxylic acids is 1. The van der Waals surface area contributed by atoms with E-state index in [0.717, 1.165) is 12.8 Å². The van der Waals surface area contributed by atoms with Crippen molar-refractivity contribution >= 4 is 11.6 Å². The molecular formula is C12H13N3O3. The molecule has 1 aliphatic heterocycles. The zero-order valence-corrected chi connectivity index (χ0v) is 9.91. The van der Waals surface area contributed by atoms with Gasteiger partial charge in [0.25, 0.3) is 0 Å². The van der Waals surface area contributed by atoms with Crippen LogP contribution in [-0.2, 0) is 4.74 Å². The highest BCUT2D eigenvalue weighted by Crippen LogP contribution is 2.31. The fourth-order valence-electron chi connectivity index (χ4n) is 2.25. The van der Waals surface area contributed by atoms with Gasteiger partial charge < -0.3 is 9.84 Å². The van der Waals surface area contributed by atoms with Crippen LogP contribution in [0.5, 0.6) is 0 Å². The van der Waals surface area contributed by atoms with Gasteiger partial charge in [-0.25, -0.2) is 4.79 Å². The first kappa shape index (κ1) is 11.2. The van der Waals surface area contributed by atoms with Crippen LogP contribution in [0.3, 0.4) is 0 Å². The molecule has 6 heteroatoms. The van der Waals surface area contributed by atoms with Crippen molar-refractivity contribution in [2.75, 3.05) is 0 Å². The lowest BCUT2D eigenvalue weighted by molar-refractivity contribution is 0.0496. The standard InChI is InChI=1S/C12H13N3O3/c1-7-2-4-9(18-7)11-14-13-10-5-3-8(12(16)17)6-15(10)11/h3,5-7,9H,2,4H2,1H3,(H,16,17). The topological polar surface area (TPSA) is 76.7 Å². The first-order chi connectivity index (χ1) is 8.65. The fourth-order valence-corrected chi connectivity index (χ4v) is 2.25. The Balaban J connectivity index is 2.06. The highest BCUT2D eigenvalue weighted by molar-refractivity contribution is 5.87. The maximum Gasteiger partial charge on any atom is 0.337 e. The van der Waals surface area contributed by atoms with Crippen molar-refractivity contribution < 1.29 is 14.6 Å². The highest BCUT2D eigenvalue weighted by atomic mass is 16.5. The average molecular weight is 247 g/mol. The van der Waals surface area contributed by atoms with Crippen LogP contribution < -0.4 is 0 Å². The van der Waals surface area contributed by atoms with Gasteiger partial charge in [-0.15, -0.1) is 10.2 Å². The summed E-state index contributed by atoms with van der Waals surface area (Å²) in [4.78, 5) is 11.0. The molecule has 18 heavy (non-hydrogen) atoms. The number of ether oxygens (including phenoxy) is 1. The molecule has 6 nitrogen and oxygen atoms in total. The normalized spacial score (nSPS) is 23.6. The fraction of sp³-hybridized carbons (Fsp3) is 0.417. The molecule has 0 aliphatic carbocycles. The van der Waals surface area contributed by atoms with Gasteiger partial charge in [-0.05, 0) is 31.9 Å². The number of aromatic nitrogens is 3. The Morgan fingerprint density at radius 1 is 1.44 bits per heavy atom. The smallest absolute Gasteiger partial charge is 0.337 e. The number of fused-ring (bicyclic) bond motifs is 1. The van der Waals surface area contributed by atoms with E-state index in [1.807, 2.05) is 6.92 Å². The third-order valence-corrected chi connectivity index (χ3v) is 3.20. The Bertz CT molecular complexity index is 608. The maximum absolute atomic E-state index is 11.0. The number of carbonyl (C=O) groups is 1. The summed E-state index contributed by atoms with van der Waals surface area (Å²) in [6, 6.07) is 3.17. The van der Waals surface area contributed by atoms with E-state index in [1.165, 1.54) is 6.07 Å². The summed E-state index contributed by atoms with van der Waals surface area (Å²) >= 11 is 0. The number of nitrogens with zero attached hydrogens (tertiary/aromatic N) is 3. The lowest BCUT2D eigenvalue weighted by Gasteiger charge is -2.09. The van der Waals surface area contributed by atoms with E-state index in [9.17, 15) is 4.79 Å². The van der Waals surface area contributed by atoms with Crippen molar-refractivity contribution in [2.24, 2.45) is 0 Å². The zero-order valence-electron chi connectivity index (χ0n) is 9.91. The molecule has 2 atom stereocenters. The van der Waals surface area contributed by atoms with E-state index in [2.05, 4.69) is 10.2 Å². The lowest BCUT2D eigenvalue weighted by Crippen LogP contribution is -2.06. The van der Waals surface area contributed by atoms with Crippen molar-refractivity contribution in [1.82, 2.24) is 14.6 Å².